The highest BCUT2D eigenvalue weighted by molar-refractivity contribution is 6.35. The number of halogens is 2. The quantitative estimate of drug-likeness (QED) is 0.214. The van der Waals surface area contributed by atoms with Gasteiger partial charge in [0.2, 0.25) is 5.91 Å². The SMILES string of the molecule is COc1ccc(CN(C(=O)COc2ccccc2)C(Cc2ccccc2)C(=O)NCc2ccc(Cl)cc2Cl)cc1. The molecule has 0 aliphatic rings. The van der Waals surface area contributed by atoms with Gasteiger partial charge in [-0.3, -0.25) is 9.59 Å². The van der Waals surface area contributed by atoms with E-state index >= 15 is 0 Å². The van der Waals surface area contributed by atoms with Gasteiger partial charge in [-0.05, 0) is 53.1 Å². The second kappa shape index (κ2) is 14.4. The predicted molar refractivity (Wildman–Crippen MR) is 158 cm³/mol. The lowest BCUT2D eigenvalue weighted by atomic mass is 10.0. The van der Waals surface area contributed by atoms with Crippen LogP contribution in [0.2, 0.25) is 10.0 Å². The summed E-state index contributed by atoms with van der Waals surface area (Å²) in [6.07, 6.45) is 0.314. The van der Waals surface area contributed by atoms with Gasteiger partial charge in [0.1, 0.15) is 17.5 Å². The van der Waals surface area contributed by atoms with Gasteiger partial charge in [-0.1, -0.05) is 89.9 Å². The first-order valence-electron chi connectivity index (χ1n) is 12.8. The number of amides is 2. The zero-order chi connectivity index (χ0) is 28.3. The Hall–Kier alpha value is -4.00. The van der Waals surface area contributed by atoms with Crippen molar-refractivity contribution in [1.82, 2.24) is 10.2 Å². The molecule has 0 spiro atoms. The smallest absolute Gasteiger partial charge is 0.261 e. The van der Waals surface area contributed by atoms with E-state index in [4.69, 9.17) is 32.7 Å². The van der Waals surface area contributed by atoms with Crippen LogP contribution < -0.4 is 14.8 Å². The van der Waals surface area contributed by atoms with Crippen molar-refractivity contribution in [3.63, 3.8) is 0 Å². The molecule has 2 amide bonds. The van der Waals surface area contributed by atoms with Gasteiger partial charge in [0.25, 0.3) is 5.91 Å². The number of rotatable bonds is 12. The Balaban J connectivity index is 1.62. The lowest BCUT2D eigenvalue weighted by molar-refractivity contribution is -0.142. The molecule has 0 aliphatic carbocycles. The van der Waals surface area contributed by atoms with Crippen LogP contribution in [0.15, 0.2) is 103 Å². The Bertz CT molecular complexity index is 1400. The standard InChI is InChI=1S/C32H30Cl2N2O4/c1-39-27-16-12-24(13-17-27)21-36(31(37)22-40-28-10-6-3-7-11-28)30(18-23-8-4-2-5-9-23)32(38)35-20-25-14-15-26(33)19-29(25)34/h2-17,19,30H,18,20-22H2,1H3,(H,35,38). The molecule has 40 heavy (non-hydrogen) atoms. The van der Waals surface area contributed by atoms with E-state index in [2.05, 4.69) is 5.32 Å². The molecule has 0 radical (unpaired) electrons. The van der Waals surface area contributed by atoms with E-state index < -0.39 is 6.04 Å². The fraction of sp³-hybridized carbons (Fsp3) is 0.188. The van der Waals surface area contributed by atoms with Crippen LogP contribution in [0.4, 0.5) is 0 Å². The van der Waals surface area contributed by atoms with E-state index in [1.54, 1.807) is 42.3 Å². The molecule has 206 valence electrons. The van der Waals surface area contributed by atoms with Gasteiger partial charge < -0.3 is 19.7 Å². The summed E-state index contributed by atoms with van der Waals surface area (Å²) in [7, 11) is 1.60. The van der Waals surface area contributed by atoms with Gasteiger partial charge in [-0.2, -0.15) is 0 Å². The van der Waals surface area contributed by atoms with Crippen molar-refractivity contribution in [3.05, 3.63) is 130 Å². The second-order valence-electron chi connectivity index (χ2n) is 9.13. The summed E-state index contributed by atoms with van der Waals surface area (Å²) < 4.78 is 11.1. The third-order valence-electron chi connectivity index (χ3n) is 6.36. The molecular formula is C32H30Cl2N2O4. The van der Waals surface area contributed by atoms with Crippen molar-refractivity contribution in [2.75, 3.05) is 13.7 Å². The highest BCUT2D eigenvalue weighted by Crippen LogP contribution is 2.22. The third kappa shape index (κ3) is 8.25. The fourth-order valence-corrected chi connectivity index (χ4v) is 4.67. The van der Waals surface area contributed by atoms with E-state index in [9.17, 15) is 9.59 Å². The molecule has 0 aromatic heterocycles. The normalized spacial score (nSPS) is 11.4. The van der Waals surface area contributed by atoms with Crippen LogP contribution in [-0.4, -0.2) is 36.5 Å². The molecule has 0 aliphatic heterocycles. The first-order valence-corrected chi connectivity index (χ1v) is 13.5. The maximum Gasteiger partial charge on any atom is 0.261 e. The molecule has 4 aromatic carbocycles. The van der Waals surface area contributed by atoms with E-state index in [0.29, 0.717) is 28.0 Å². The maximum atomic E-state index is 13.8. The van der Waals surface area contributed by atoms with Crippen LogP contribution in [-0.2, 0) is 29.1 Å². The number of ether oxygens (including phenoxy) is 2. The summed E-state index contributed by atoms with van der Waals surface area (Å²) in [6.45, 7) is 0.167. The molecule has 0 heterocycles. The monoisotopic (exact) mass is 576 g/mol. The minimum Gasteiger partial charge on any atom is -0.497 e. The van der Waals surface area contributed by atoms with Crippen LogP contribution in [0, 0.1) is 0 Å². The maximum absolute atomic E-state index is 13.8. The molecule has 0 fully saturated rings. The molecule has 1 N–H and O–H groups in total. The summed E-state index contributed by atoms with van der Waals surface area (Å²) in [6, 6.07) is 30.4. The topological polar surface area (TPSA) is 67.9 Å². The molecule has 1 atom stereocenters. The number of benzene rings is 4. The van der Waals surface area contributed by atoms with Crippen LogP contribution in [0.25, 0.3) is 0 Å². The molecular weight excluding hydrogens is 547 g/mol. The lowest BCUT2D eigenvalue weighted by Gasteiger charge is -2.31. The molecule has 4 aromatic rings. The lowest BCUT2D eigenvalue weighted by Crippen LogP contribution is -2.51. The Labute approximate surface area is 244 Å². The van der Waals surface area contributed by atoms with Gasteiger partial charge in [0, 0.05) is 29.6 Å². The molecule has 0 saturated heterocycles. The Morgan fingerprint density at radius 2 is 1.50 bits per heavy atom. The van der Waals surface area contributed by atoms with Gasteiger partial charge >= 0.3 is 0 Å². The van der Waals surface area contributed by atoms with Crippen molar-refractivity contribution in [3.8, 4) is 11.5 Å². The highest BCUT2D eigenvalue weighted by atomic mass is 35.5. The molecule has 0 saturated carbocycles. The molecule has 8 heteroatoms. The van der Waals surface area contributed by atoms with E-state index in [0.717, 1.165) is 16.7 Å². The summed E-state index contributed by atoms with van der Waals surface area (Å²) in [5, 5.41) is 3.94. The molecule has 6 nitrogen and oxygen atoms in total. The van der Waals surface area contributed by atoms with Crippen LogP contribution in [0.3, 0.4) is 0 Å². The van der Waals surface area contributed by atoms with Crippen LogP contribution in [0.5, 0.6) is 11.5 Å². The number of nitrogens with zero attached hydrogens (tertiary/aromatic N) is 1. The zero-order valence-corrected chi connectivity index (χ0v) is 23.6. The number of carbonyl (C=O) groups is 2. The number of hydrogen-bond donors (Lipinski definition) is 1. The number of nitrogens with one attached hydrogen (secondary N) is 1. The first kappa shape index (κ1) is 29.0. The van der Waals surface area contributed by atoms with Gasteiger partial charge in [0.05, 0.1) is 7.11 Å². The molecule has 4 rings (SSSR count). The summed E-state index contributed by atoms with van der Waals surface area (Å²) >= 11 is 12.4. The van der Waals surface area contributed by atoms with Gasteiger partial charge in [0.15, 0.2) is 6.61 Å². The van der Waals surface area contributed by atoms with E-state index in [1.165, 1.54) is 0 Å². The minimum absolute atomic E-state index is 0.186. The molecule has 0 bridgehead atoms. The number of methoxy groups -OCH3 is 1. The summed E-state index contributed by atoms with van der Waals surface area (Å²) in [5.74, 6) is 0.644. The predicted octanol–water partition coefficient (Wildman–Crippen LogP) is 6.34. The van der Waals surface area contributed by atoms with Crippen molar-refractivity contribution < 1.29 is 19.1 Å². The van der Waals surface area contributed by atoms with Gasteiger partial charge in [-0.25, -0.2) is 0 Å². The van der Waals surface area contributed by atoms with Gasteiger partial charge in [-0.15, -0.1) is 0 Å². The van der Waals surface area contributed by atoms with Crippen LogP contribution in [0.1, 0.15) is 16.7 Å². The largest absolute Gasteiger partial charge is 0.497 e. The van der Waals surface area contributed by atoms with E-state index in [1.807, 2.05) is 72.8 Å². The van der Waals surface area contributed by atoms with E-state index in [-0.39, 0.29) is 31.5 Å². The van der Waals surface area contributed by atoms with Crippen molar-refractivity contribution in [2.45, 2.75) is 25.6 Å². The number of carbonyl (C=O) groups excluding carboxylic acids is 2. The highest BCUT2D eigenvalue weighted by Gasteiger charge is 2.30. The summed E-state index contributed by atoms with van der Waals surface area (Å²) in [5.41, 5.74) is 2.49. The third-order valence-corrected chi connectivity index (χ3v) is 6.94. The summed E-state index contributed by atoms with van der Waals surface area (Å²) in [4.78, 5) is 29.0. The first-order chi connectivity index (χ1) is 19.4. The second-order valence-corrected chi connectivity index (χ2v) is 9.97. The fourth-order valence-electron chi connectivity index (χ4n) is 4.19. The number of para-hydroxylation sites is 1. The van der Waals surface area contributed by atoms with Crippen molar-refractivity contribution in [1.29, 1.82) is 0 Å². The van der Waals surface area contributed by atoms with Crippen LogP contribution >= 0.6 is 23.2 Å². The van der Waals surface area contributed by atoms with Crippen molar-refractivity contribution >= 4 is 35.0 Å². The minimum atomic E-state index is -0.817. The van der Waals surface area contributed by atoms with Crippen molar-refractivity contribution in [2.24, 2.45) is 0 Å². The average molecular weight is 578 g/mol. The Kier molecular flexibility index (Phi) is 10.4. The average Bonchev–Trinajstić information content (AvgIpc) is 2.98. The number of hydrogen-bond acceptors (Lipinski definition) is 4. The molecule has 1 unspecified atom stereocenters. The Morgan fingerprint density at radius 3 is 2.15 bits per heavy atom. The Morgan fingerprint density at radius 1 is 0.825 bits per heavy atom. The zero-order valence-electron chi connectivity index (χ0n) is 22.1.